The Balaban J connectivity index is 2.12. The van der Waals surface area contributed by atoms with E-state index in [9.17, 15) is 0 Å². The summed E-state index contributed by atoms with van der Waals surface area (Å²) in [5.41, 5.74) is 0. The zero-order valence-corrected chi connectivity index (χ0v) is 12.5. The molecule has 106 valence electrons. The SMILES string of the molecule is CCNc1cc(N(C)CCN(C)C)nc(C2CC2)n1. The van der Waals surface area contributed by atoms with Crippen molar-refractivity contribution in [2.75, 3.05) is 51.0 Å². The quantitative estimate of drug-likeness (QED) is 0.812. The van der Waals surface area contributed by atoms with Gasteiger partial charge in [0.25, 0.3) is 0 Å². The summed E-state index contributed by atoms with van der Waals surface area (Å²) in [7, 11) is 6.28. The Bertz CT molecular complexity index is 414. The zero-order chi connectivity index (χ0) is 13.8. The summed E-state index contributed by atoms with van der Waals surface area (Å²) in [4.78, 5) is 13.7. The van der Waals surface area contributed by atoms with Crippen LogP contribution >= 0.6 is 0 Å². The maximum Gasteiger partial charge on any atom is 0.136 e. The van der Waals surface area contributed by atoms with E-state index >= 15 is 0 Å². The molecule has 0 unspecified atom stereocenters. The van der Waals surface area contributed by atoms with Crippen molar-refractivity contribution in [1.82, 2.24) is 14.9 Å². The zero-order valence-electron chi connectivity index (χ0n) is 12.5. The Morgan fingerprint density at radius 1 is 1.21 bits per heavy atom. The molecule has 0 spiro atoms. The highest BCUT2D eigenvalue weighted by atomic mass is 15.2. The molecule has 2 rings (SSSR count). The second-order valence-corrected chi connectivity index (χ2v) is 5.50. The van der Waals surface area contributed by atoms with Gasteiger partial charge >= 0.3 is 0 Å². The van der Waals surface area contributed by atoms with Crippen LogP contribution in [0.3, 0.4) is 0 Å². The summed E-state index contributed by atoms with van der Waals surface area (Å²) in [5, 5.41) is 3.30. The van der Waals surface area contributed by atoms with Crippen molar-refractivity contribution < 1.29 is 0 Å². The number of anilines is 2. The molecule has 19 heavy (non-hydrogen) atoms. The van der Waals surface area contributed by atoms with Gasteiger partial charge in [-0.3, -0.25) is 0 Å². The first-order valence-electron chi connectivity index (χ1n) is 7.09. The van der Waals surface area contributed by atoms with E-state index in [1.165, 1.54) is 12.8 Å². The largest absolute Gasteiger partial charge is 0.370 e. The number of nitrogens with zero attached hydrogens (tertiary/aromatic N) is 4. The van der Waals surface area contributed by atoms with Gasteiger partial charge in [0.05, 0.1) is 0 Å². The lowest BCUT2D eigenvalue weighted by molar-refractivity contribution is 0.416. The van der Waals surface area contributed by atoms with Gasteiger partial charge in [-0.05, 0) is 33.9 Å². The smallest absolute Gasteiger partial charge is 0.136 e. The third kappa shape index (κ3) is 4.06. The van der Waals surface area contributed by atoms with Gasteiger partial charge in [0.1, 0.15) is 17.5 Å². The van der Waals surface area contributed by atoms with Crippen molar-refractivity contribution in [2.45, 2.75) is 25.7 Å². The van der Waals surface area contributed by atoms with E-state index < -0.39 is 0 Å². The topological polar surface area (TPSA) is 44.3 Å². The van der Waals surface area contributed by atoms with Crippen molar-refractivity contribution in [3.63, 3.8) is 0 Å². The monoisotopic (exact) mass is 263 g/mol. The molecule has 0 radical (unpaired) electrons. The van der Waals surface area contributed by atoms with E-state index in [4.69, 9.17) is 4.98 Å². The summed E-state index contributed by atoms with van der Waals surface area (Å²) in [6.45, 7) is 4.98. The highest BCUT2D eigenvalue weighted by Crippen LogP contribution is 2.39. The van der Waals surface area contributed by atoms with Gasteiger partial charge in [0, 0.05) is 38.7 Å². The molecular weight excluding hydrogens is 238 g/mol. The van der Waals surface area contributed by atoms with E-state index in [0.717, 1.165) is 37.1 Å². The third-order valence-electron chi connectivity index (χ3n) is 3.30. The standard InChI is InChI=1S/C14H25N5/c1-5-15-12-10-13(19(4)9-8-18(2)3)17-14(16-12)11-6-7-11/h10-11H,5-9H2,1-4H3,(H,15,16,17). The van der Waals surface area contributed by atoms with Crippen LogP contribution in [0.5, 0.6) is 0 Å². The van der Waals surface area contributed by atoms with E-state index in [-0.39, 0.29) is 0 Å². The maximum atomic E-state index is 4.71. The highest BCUT2D eigenvalue weighted by Gasteiger charge is 2.27. The Kier molecular flexibility index (Phi) is 4.58. The lowest BCUT2D eigenvalue weighted by Crippen LogP contribution is -2.29. The van der Waals surface area contributed by atoms with Crippen molar-refractivity contribution in [1.29, 1.82) is 0 Å². The summed E-state index contributed by atoms with van der Waals surface area (Å²) < 4.78 is 0. The molecule has 0 aromatic carbocycles. The van der Waals surface area contributed by atoms with Gasteiger partial charge < -0.3 is 15.1 Å². The van der Waals surface area contributed by atoms with Crippen LogP contribution in [-0.2, 0) is 0 Å². The summed E-state index contributed by atoms with van der Waals surface area (Å²) in [6.07, 6.45) is 2.47. The molecule has 0 amide bonds. The Morgan fingerprint density at radius 2 is 1.95 bits per heavy atom. The minimum Gasteiger partial charge on any atom is -0.370 e. The van der Waals surface area contributed by atoms with E-state index in [1.807, 2.05) is 6.07 Å². The van der Waals surface area contributed by atoms with Gasteiger partial charge in [-0.2, -0.15) is 0 Å². The van der Waals surface area contributed by atoms with E-state index in [1.54, 1.807) is 0 Å². The van der Waals surface area contributed by atoms with E-state index in [0.29, 0.717) is 5.92 Å². The van der Waals surface area contributed by atoms with E-state index in [2.05, 4.69) is 48.2 Å². The summed E-state index contributed by atoms with van der Waals surface area (Å²) >= 11 is 0. The van der Waals surface area contributed by atoms with Crippen LogP contribution in [0, 0.1) is 0 Å². The first-order chi connectivity index (χ1) is 9.10. The number of aromatic nitrogens is 2. The van der Waals surface area contributed by atoms with Crippen LogP contribution in [0.1, 0.15) is 31.5 Å². The molecule has 0 atom stereocenters. The number of hydrogen-bond donors (Lipinski definition) is 1. The average Bonchev–Trinajstić information content (AvgIpc) is 3.20. The molecule has 1 saturated carbocycles. The summed E-state index contributed by atoms with van der Waals surface area (Å²) in [5.74, 6) is 3.56. The fourth-order valence-corrected chi connectivity index (χ4v) is 1.91. The fourth-order valence-electron chi connectivity index (χ4n) is 1.91. The number of likely N-dealkylation sites (N-methyl/N-ethyl adjacent to an activating group) is 2. The third-order valence-corrected chi connectivity index (χ3v) is 3.30. The maximum absolute atomic E-state index is 4.71. The van der Waals surface area contributed by atoms with Crippen molar-refractivity contribution in [3.8, 4) is 0 Å². The first kappa shape index (κ1) is 14.1. The average molecular weight is 263 g/mol. The molecule has 0 aliphatic heterocycles. The second kappa shape index (κ2) is 6.19. The molecule has 1 fully saturated rings. The molecule has 1 N–H and O–H groups in total. The minimum absolute atomic E-state index is 0.583. The molecule has 1 aromatic heterocycles. The van der Waals surface area contributed by atoms with Crippen LogP contribution in [0.4, 0.5) is 11.6 Å². The van der Waals surface area contributed by atoms with Crippen LogP contribution in [0.15, 0.2) is 6.07 Å². The molecule has 5 nitrogen and oxygen atoms in total. The molecule has 1 aliphatic carbocycles. The first-order valence-corrected chi connectivity index (χ1v) is 7.09. The normalized spacial score (nSPS) is 14.8. The second-order valence-electron chi connectivity index (χ2n) is 5.50. The molecule has 5 heteroatoms. The number of rotatable bonds is 7. The van der Waals surface area contributed by atoms with Crippen LogP contribution in [0.25, 0.3) is 0 Å². The molecule has 1 heterocycles. The molecule has 1 aromatic rings. The molecular formula is C14H25N5. The van der Waals surface area contributed by atoms with Gasteiger partial charge in [-0.25, -0.2) is 9.97 Å². The summed E-state index contributed by atoms with van der Waals surface area (Å²) in [6, 6.07) is 2.05. The predicted octanol–water partition coefficient (Wildman–Crippen LogP) is 1.78. The van der Waals surface area contributed by atoms with Crippen molar-refractivity contribution >= 4 is 11.6 Å². The van der Waals surface area contributed by atoms with Gasteiger partial charge in [-0.15, -0.1) is 0 Å². The number of hydrogen-bond acceptors (Lipinski definition) is 5. The minimum atomic E-state index is 0.583. The van der Waals surface area contributed by atoms with Gasteiger partial charge in [0.15, 0.2) is 0 Å². The molecule has 1 aliphatic rings. The number of nitrogens with one attached hydrogen (secondary N) is 1. The highest BCUT2D eigenvalue weighted by molar-refractivity contribution is 5.49. The Labute approximate surface area is 116 Å². The molecule has 0 saturated heterocycles. The van der Waals surface area contributed by atoms with Gasteiger partial charge in [-0.1, -0.05) is 0 Å². The molecule has 0 bridgehead atoms. The van der Waals surface area contributed by atoms with Gasteiger partial charge in [0.2, 0.25) is 0 Å². The fraction of sp³-hybridized carbons (Fsp3) is 0.714. The van der Waals surface area contributed by atoms with Crippen molar-refractivity contribution in [2.24, 2.45) is 0 Å². The van der Waals surface area contributed by atoms with Crippen LogP contribution in [-0.4, -0.2) is 55.6 Å². The van der Waals surface area contributed by atoms with Crippen LogP contribution < -0.4 is 10.2 Å². The Morgan fingerprint density at radius 3 is 2.53 bits per heavy atom. The lowest BCUT2D eigenvalue weighted by atomic mass is 10.3. The lowest BCUT2D eigenvalue weighted by Gasteiger charge is -2.21. The van der Waals surface area contributed by atoms with Crippen LogP contribution in [0.2, 0.25) is 0 Å². The van der Waals surface area contributed by atoms with Crippen molar-refractivity contribution in [3.05, 3.63) is 11.9 Å². The Hall–Kier alpha value is -1.36. The predicted molar refractivity (Wildman–Crippen MR) is 80.0 cm³/mol.